The summed E-state index contributed by atoms with van der Waals surface area (Å²) in [6, 6.07) is 3.57. The molecule has 0 unspecified atom stereocenters. The number of rotatable bonds is 7. The molecule has 1 heterocycles. The minimum atomic E-state index is -0.916. The normalized spacial score (nSPS) is 17.7. The largest absolute Gasteiger partial charge is 0.463 e. The van der Waals surface area contributed by atoms with Crippen LogP contribution in [0, 0.1) is 0 Å². The van der Waals surface area contributed by atoms with E-state index >= 15 is 0 Å². The highest BCUT2D eigenvalue weighted by Gasteiger charge is 2.33. The van der Waals surface area contributed by atoms with E-state index in [2.05, 4.69) is 5.32 Å². The van der Waals surface area contributed by atoms with Crippen molar-refractivity contribution >= 4 is 52.8 Å². The van der Waals surface area contributed by atoms with Gasteiger partial charge in [-0.1, -0.05) is 23.2 Å². The number of benzene rings is 1. The maximum absolute atomic E-state index is 12.4. The lowest BCUT2D eigenvalue weighted by Gasteiger charge is -2.19. The minimum Gasteiger partial charge on any atom is -0.463 e. The van der Waals surface area contributed by atoms with Gasteiger partial charge < -0.3 is 14.8 Å². The highest BCUT2D eigenvalue weighted by atomic mass is 35.5. The smallest absolute Gasteiger partial charge is 0.347 e. The summed E-state index contributed by atoms with van der Waals surface area (Å²) >= 11 is 13.4. The molecule has 2 rings (SSSR count). The fraction of sp³-hybridized carbons (Fsp3) is 0.438. The highest BCUT2D eigenvalue weighted by Crippen LogP contribution is 2.21. The summed E-state index contributed by atoms with van der Waals surface area (Å²) in [6.45, 7) is 0.221. The molecule has 136 valence electrons. The van der Waals surface area contributed by atoms with E-state index in [9.17, 15) is 14.4 Å². The lowest BCUT2D eigenvalue weighted by atomic mass is 10.1. The van der Waals surface area contributed by atoms with Gasteiger partial charge in [-0.2, -0.15) is 11.8 Å². The molecule has 1 aromatic carbocycles. The monoisotopic (exact) mass is 405 g/mol. The third kappa shape index (κ3) is 5.52. The van der Waals surface area contributed by atoms with Gasteiger partial charge in [-0.3, -0.25) is 4.79 Å². The van der Waals surface area contributed by atoms with Gasteiger partial charge in [0, 0.05) is 11.4 Å². The Balaban J connectivity index is 2.06. The standard InChI is InChI=1S/C16H17Cl2NO5S/c1-25-7-5-12(15(21)24-13-4-6-23-16(13)22)19-14(20)10-3-2-9(17)8-11(10)18/h2-3,8,12-13H,4-7H2,1H3,(H,19,20)/t12-,13-/m0/s1. The number of nitrogens with one attached hydrogen (secondary N) is 1. The molecule has 0 aliphatic carbocycles. The Labute approximate surface area is 159 Å². The molecule has 0 saturated carbocycles. The number of ether oxygens (including phenoxy) is 2. The molecule has 1 amide bonds. The molecule has 2 atom stereocenters. The van der Waals surface area contributed by atoms with Crippen molar-refractivity contribution in [3.05, 3.63) is 33.8 Å². The Hall–Kier alpha value is -1.44. The zero-order valence-corrected chi connectivity index (χ0v) is 15.7. The van der Waals surface area contributed by atoms with Crippen LogP contribution in [0.1, 0.15) is 23.2 Å². The van der Waals surface area contributed by atoms with E-state index < -0.39 is 30.0 Å². The van der Waals surface area contributed by atoms with E-state index in [1.807, 2.05) is 6.26 Å². The zero-order valence-electron chi connectivity index (χ0n) is 13.4. The molecule has 0 aromatic heterocycles. The van der Waals surface area contributed by atoms with Gasteiger partial charge in [0.15, 0.2) is 0 Å². The second-order valence-electron chi connectivity index (χ2n) is 5.31. The second-order valence-corrected chi connectivity index (χ2v) is 7.14. The van der Waals surface area contributed by atoms with Gasteiger partial charge in [-0.15, -0.1) is 0 Å². The molecular formula is C16H17Cl2NO5S. The predicted octanol–water partition coefficient (Wildman–Crippen LogP) is 2.70. The Kier molecular flexibility index (Phi) is 7.40. The SMILES string of the molecule is CSCC[C@H](NC(=O)c1ccc(Cl)cc1Cl)C(=O)O[C@H]1CCOC1=O. The molecule has 1 aliphatic heterocycles. The Morgan fingerprint density at radius 2 is 2.20 bits per heavy atom. The Morgan fingerprint density at radius 1 is 1.44 bits per heavy atom. The van der Waals surface area contributed by atoms with Crippen molar-refractivity contribution in [3.8, 4) is 0 Å². The number of amides is 1. The number of carbonyl (C=O) groups is 3. The summed E-state index contributed by atoms with van der Waals surface area (Å²) in [5.41, 5.74) is 0.202. The van der Waals surface area contributed by atoms with Crippen LogP contribution in [0.15, 0.2) is 18.2 Å². The summed E-state index contributed by atoms with van der Waals surface area (Å²) in [5.74, 6) is -1.12. The Bertz CT molecular complexity index is 670. The second kappa shape index (κ2) is 9.31. The van der Waals surface area contributed by atoms with E-state index in [0.29, 0.717) is 23.6 Å². The van der Waals surface area contributed by atoms with Gasteiger partial charge in [-0.25, -0.2) is 9.59 Å². The van der Waals surface area contributed by atoms with Crippen molar-refractivity contribution in [1.29, 1.82) is 0 Å². The lowest BCUT2D eigenvalue weighted by Crippen LogP contribution is -2.44. The molecule has 1 N–H and O–H groups in total. The fourth-order valence-electron chi connectivity index (χ4n) is 2.20. The first-order valence-electron chi connectivity index (χ1n) is 7.54. The zero-order chi connectivity index (χ0) is 18.4. The number of halogens is 2. The van der Waals surface area contributed by atoms with Crippen molar-refractivity contribution in [1.82, 2.24) is 5.32 Å². The van der Waals surface area contributed by atoms with E-state index in [-0.39, 0.29) is 17.2 Å². The topological polar surface area (TPSA) is 81.7 Å². The molecule has 25 heavy (non-hydrogen) atoms. The first kappa shape index (κ1) is 19.9. The number of hydrogen-bond acceptors (Lipinski definition) is 6. The summed E-state index contributed by atoms with van der Waals surface area (Å²) in [4.78, 5) is 36.2. The maximum atomic E-state index is 12.4. The summed E-state index contributed by atoms with van der Waals surface area (Å²) < 4.78 is 9.94. The maximum Gasteiger partial charge on any atom is 0.347 e. The van der Waals surface area contributed by atoms with Crippen molar-refractivity contribution in [3.63, 3.8) is 0 Å². The van der Waals surface area contributed by atoms with Crippen LogP contribution in [0.25, 0.3) is 0 Å². The number of cyclic esters (lactones) is 1. The van der Waals surface area contributed by atoms with Gasteiger partial charge in [-0.05, 0) is 36.6 Å². The molecule has 6 nitrogen and oxygen atoms in total. The first-order valence-corrected chi connectivity index (χ1v) is 9.69. The van der Waals surface area contributed by atoms with Crippen LogP contribution in [0.2, 0.25) is 10.0 Å². The van der Waals surface area contributed by atoms with Crippen LogP contribution < -0.4 is 5.32 Å². The van der Waals surface area contributed by atoms with Crippen LogP contribution in [0.4, 0.5) is 0 Å². The van der Waals surface area contributed by atoms with Crippen LogP contribution in [-0.4, -0.2) is 48.6 Å². The van der Waals surface area contributed by atoms with Crippen molar-refractivity contribution in [2.24, 2.45) is 0 Å². The van der Waals surface area contributed by atoms with Crippen LogP contribution in [-0.2, 0) is 19.1 Å². The third-order valence-corrected chi connectivity index (χ3v) is 4.71. The van der Waals surface area contributed by atoms with Crippen LogP contribution in [0.3, 0.4) is 0 Å². The first-order chi connectivity index (χ1) is 11.9. The van der Waals surface area contributed by atoms with Crippen molar-refractivity contribution < 1.29 is 23.9 Å². The average Bonchev–Trinajstić information content (AvgIpc) is 2.96. The van der Waals surface area contributed by atoms with Crippen molar-refractivity contribution in [2.45, 2.75) is 25.0 Å². The molecule has 0 radical (unpaired) electrons. The van der Waals surface area contributed by atoms with Gasteiger partial charge in [0.1, 0.15) is 6.04 Å². The number of esters is 2. The molecule has 1 aliphatic rings. The van der Waals surface area contributed by atoms with E-state index in [1.165, 1.54) is 30.0 Å². The fourth-order valence-corrected chi connectivity index (χ4v) is 3.17. The molecule has 9 heteroatoms. The molecule has 0 bridgehead atoms. The van der Waals surface area contributed by atoms with E-state index in [1.54, 1.807) is 0 Å². The number of carbonyl (C=O) groups excluding carboxylic acids is 3. The molecule has 0 spiro atoms. The quantitative estimate of drug-likeness (QED) is 0.702. The average molecular weight is 406 g/mol. The minimum absolute atomic E-state index is 0.182. The third-order valence-electron chi connectivity index (χ3n) is 3.52. The Morgan fingerprint density at radius 3 is 2.80 bits per heavy atom. The predicted molar refractivity (Wildman–Crippen MR) is 96.2 cm³/mol. The van der Waals surface area contributed by atoms with Crippen molar-refractivity contribution in [2.75, 3.05) is 18.6 Å². The van der Waals surface area contributed by atoms with Crippen LogP contribution >= 0.6 is 35.0 Å². The molecule has 1 fully saturated rings. The van der Waals surface area contributed by atoms with Crippen LogP contribution in [0.5, 0.6) is 0 Å². The summed E-state index contributed by atoms with van der Waals surface area (Å²) in [5, 5.41) is 3.19. The summed E-state index contributed by atoms with van der Waals surface area (Å²) in [6.07, 6.45) is 1.64. The van der Waals surface area contributed by atoms with Gasteiger partial charge >= 0.3 is 11.9 Å². The van der Waals surface area contributed by atoms with E-state index in [4.69, 9.17) is 32.7 Å². The molecular weight excluding hydrogens is 389 g/mol. The summed E-state index contributed by atoms with van der Waals surface area (Å²) in [7, 11) is 0. The molecule has 1 aromatic rings. The lowest BCUT2D eigenvalue weighted by molar-refractivity contribution is -0.161. The van der Waals surface area contributed by atoms with Gasteiger partial charge in [0.2, 0.25) is 6.10 Å². The van der Waals surface area contributed by atoms with Gasteiger partial charge in [0.05, 0.1) is 17.2 Å². The van der Waals surface area contributed by atoms with Gasteiger partial charge in [0.25, 0.3) is 5.91 Å². The highest BCUT2D eigenvalue weighted by molar-refractivity contribution is 7.98. The molecule has 1 saturated heterocycles. The number of thioether (sulfide) groups is 1. The number of hydrogen-bond donors (Lipinski definition) is 1. The van der Waals surface area contributed by atoms with E-state index in [0.717, 1.165) is 0 Å².